The predicted octanol–water partition coefficient (Wildman–Crippen LogP) is 4.51. The first kappa shape index (κ1) is 20.0. The molecular formula is C22H36N2O. The van der Waals surface area contributed by atoms with Gasteiger partial charge in [0.1, 0.15) is 5.75 Å². The van der Waals surface area contributed by atoms with Gasteiger partial charge in [-0.1, -0.05) is 53.7 Å². The van der Waals surface area contributed by atoms with Gasteiger partial charge in [-0.2, -0.15) is 0 Å². The number of rotatable bonds is 4. The Balaban J connectivity index is 2.61. The van der Waals surface area contributed by atoms with Crippen LogP contribution in [0.15, 0.2) is 24.8 Å². The molecule has 1 aliphatic heterocycles. The van der Waals surface area contributed by atoms with E-state index in [1.807, 2.05) is 6.08 Å². The smallest absolute Gasteiger partial charge is 0.124 e. The van der Waals surface area contributed by atoms with Gasteiger partial charge in [-0.25, -0.2) is 0 Å². The molecule has 0 aromatic heterocycles. The van der Waals surface area contributed by atoms with E-state index in [4.69, 9.17) is 0 Å². The van der Waals surface area contributed by atoms with E-state index < -0.39 is 0 Å². The minimum Gasteiger partial charge on any atom is -0.507 e. The van der Waals surface area contributed by atoms with Gasteiger partial charge in [0, 0.05) is 37.8 Å². The summed E-state index contributed by atoms with van der Waals surface area (Å²) in [5.41, 5.74) is 3.33. The predicted molar refractivity (Wildman–Crippen MR) is 108 cm³/mol. The normalized spacial score (nSPS) is 18.2. The van der Waals surface area contributed by atoms with Crippen LogP contribution in [0.2, 0.25) is 0 Å². The van der Waals surface area contributed by atoms with Gasteiger partial charge in [-0.05, 0) is 34.4 Å². The minimum atomic E-state index is -0.0950. The highest BCUT2D eigenvalue weighted by Crippen LogP contribution is 2.42. The Bertz CT molecular complexity index is 602. The van der Waals surface area contributed by atoms with Crippen molar-refractivity contribution in [1.29, 1.82) is 0 Å². The Kier molecular flexibility index (Phi) is 6.01. The minimum absolute atomic E-state index is 0.0463. The van der Waals surface area contributed by atoms with Crippen molar-refractivity contribution in [3.8, 4) is 5.75 Å². The van der Waals surface area contributed by atoms with Crippen LogP contribution in [-0.4, -0.2) is 36.2 Å². The van der Waals surface area contributed by atoms with Gasteiger partial charge in [0.25, 0.3) is 0 Å². The van der Waals surface area contributed by atoms with Crippen LogP contribution >= 0.6 is 0 Å². The summed E-state index contributed by atoms with van der Waals surface area (Å²) >= 11 is 0. The Hall–Kier alpha value is -1.32. The van der Waals surface area contributed by atoms with Gasteiger partial charge in [0.2, 0.25) is 0 Å². The molecule has 1 heterocycles. The molecule has 3 nitrogen and oxygen atoms in total. The third-order valence-corrected chi connectivity index (χ3v) is 5.15. The van der Waals surface area contributed by atoms with Crippen LogP contribution < -0.4 is 5.32 Å². The van der Waals surface area contributed by atoms with E-state index in [-0.39, 0.29) is 16.9 Å². The molecule has 1 atom stereocenters. The van der Waals surface area contributed by atoms with Crippen molar-refractivity contribution >= 4 is 0 Å². The molecule has 1 aromatic rings. The van der Waals surface area contributed by atoms with E-state index in [9.17, 15) is 5.11 Å². The van der Waals surface area contributed by atoms with Crippen LogP contribution in [-0.2, 0) is 10.8 Å². The SMILES string of the molecule is C=CC[C@H](c1cc(C(C)(C)C)cc(C(C)(C)C)c1O)N1CCNCC1. The molecule has 0 amide bonds. The van der Waals surface area contributed by atoms with Crippen molar-refractivity contribution in [2.24, 2.45) is 0 Å². The zero-order chi connectivity index (χ0) is 18.8. The van der Waals surface area contributed by atoms with E-state index in [2.05, 4.69) is 70.5 Å². The van der Waals surface area contributed by atoms with Gasteiger partial charge < -0.3 is 10.4 Å². The molecule has 1 saturated heterocycles. The fraction of sp³-hybridized carbons (Fsp3) is 0.636. The summed E-state index contributed by atoms with van der Waals surface area (Å²) in [5.74, 6) is 0.464. The lowest BCUT2D eigenvalue weighted by Crippen LogP contribution is -2.45. The summed E-state index contributed by atoms with van der Waals surface area (Å²) in [4.78, 5) is 2.48. The third-order valence-electron chi connectivity index (χ3n) is 5.15. The Morgan fingerprint density at radius 1 is 1.12 bits per heavy atom. The van der Waals surface area contributed by atoms with Crippen LogP contribution in [0.25, 0.3) is 0 Å². The van der Waals surface area contributed by atoms with E-state index in [0.717, 1.165) is 43.7 Å². The molecule has 140 valence electrons. The van der Waals surface area contributed by atoms with Crippen LogP contribution in [0.1, 0.15) is 70.7 Å². The summed E-state index contributed by atoms with van der Waals surface area (Å²) in [6.07, 6.45) is 2.83. The first-order chi connectivity index (χ1) is 11.6. The van der Waals surface area contributed by atoms with E-state index in [1.54, 1.807) is 0 Å². The number of nitrogens with one attached hydrogen (secondary N) is 1. The number of aromatic hydroxyl groups is 1. The first-order valence-corrected chi connectivity index (χ1v) is 9.49. The van der Waals surface area contributed by atoms with Gasteiger partial charge in [0.05, 0.1) is 0 Å². The maximum atomic E-state index is 11.2. The molecule has 0 spiro atoms. The Morgan fingerprint density at radius 2 is 1.72 bits per heavy atom. The highest BCUT2D eigenvalue weighted by Gasteiger charge is 2.30. The van der Waals surface area contributed by atoms with Crippen molar-refractivity contribution in [3.05, 3.63) is 41.5 Å². The molecule has 3 heteroatoms. The average Bonchev–Trinajstić information content (AvgIpc) is 2.52. The van der Waals surface area contributed by atoms with Crippen LogP contribution in [0, 0.1) is 0 Å². The quantitative estimate of drug-likeness (QED) is 0.789. The third kappa shape index (κ3) is 4.65. The van der Waals surface area contributed by atoms with Gasteiger partial charge >= 0.3 is 0 Å². The molecule has 0 radical (unpaired) electrons. The van der Waals surface area contributed by atoms with Crippen molar-refractivity contribution < 1.29 is 5.11 Å². The van der Waals surface area contributed by atoms with E-state index >= 15 is 0 Å². The molecule has 1 aromatic carbocycles. The lowest BCUT2D eigenvalue weighted by molar-refractivity contribution is 0.171. The van der Waals surface area contributed by atoms with Crippen molar-refractivity contribution in [1.82, 2.24) is 10.2 Å². The molecule has 0 unspecified atom stereocenters. The molecular weight excluding hydrogens is 308 g/mol. The first-order valence-electron chi connectivity index (χ1n) is 9.49. The number of hydrogen-bond donors (Lipinski definition) is 2. The molecule has 1 fully saturated rings. The second kappa shape index (κ2) is 7.51. The Morgan fingerprint density at radius 3 is 2.20 bits per heavy atom. The van der Waals surface area contributed by atoms with E-state index in [0.29, 0.717) is 5.75 Å². The lowest BCUT2D eigenvalue weighted by Gasteiger charge is -2.37. The summed E-state index contributed by atoms with van der Waals surface area (Å²) < 4.78 is 0. The topological polar surface area (TPSA) is 35.5 Å². The number of phenolic OH excluding ortho intramolecular Hbond substituents is 1. The van der Waals surface area contributed by atoms with Crippen molar-refractivity contribution in [3.63, 3.8) is 0 Å². The molecule has 0 saturated carbocycles. The largest absolute Gasteiger partial charge is 0.507 e. The molecule has 0 bridgehead atoms. The number of nitrogens with zero attached hydrogens (tertiary/aromatic N) is 1. The van der Waals surface area contributed by atoms with E-state index in [1.165, 1.54) is 5.56 Å². The Labute approximate surface area is 154 Å². The highest BCUT2D eigenvalue weighted by molar-refractivity contribution is 5.50. The maximum absolute atomic E-state index is 11.2. The second-order valence-electron chi connectivity index (χ2n) is 9.29. The molecule has 2 rings (SSSR count). The number of hydrogen-bond acceptors (Lipinski definition) is 3. The molecule has 25 heavy (non-hydrogen) atoms. The average molecular weight is 345 g/mol. The lowest BCUT2D eigenvalue weighted by atomic mass is 9.77. The fourth-order valence-corrected chi connectivity index (χ4v) is 3.54. The summed E-state index contributed by atoms with van der Waals surface area (Å²) in [6.45, 7) is 21.2. The molecule has 2 N–H and O–H groups in total. The number of phenols is 1. The zero-order valence-corrected chi connectivity index (χ0v) is 16.9. The fourth-order valence-electron chi connectivity index (χ4n) is 3.54. The summed E-state index contributed by atoms with van der Waals surface area (Å²) in [5, 5.41) is 14.6. The molecule has 0 aliphatic carbocycles. The van der Waals surface area contributed by atoms with Gasteiger partial charge in [-0.3, -0.25) is 4.90 Å². The standard InChI is InChI=1S/C22H36N2O/c1-8-9-19(24-12-10-23-11-13-24)17-14-16(21(2,3)4)15-18(20(17)25)22(5,6)7/h8,14-15,19,23,25H,1,9-13H2,2-7H3/t19-/m1/s1. The summed E-state index contributed by atoms with van der Waals surface area (Å²) in [6, 6.07) is 4.60. The van der Waals surface area contributed by atoms with Crippen LogP contribution in [0.3, 0.4) is 0 Å². The zero-order valence-electron chi connectivity index (χ0n) is 16.9. The summed E-state index contributed by atoms with van der Waals surface area (Å²) in [7, 11) is 0. The number of benzene rings is 1. The van der Waals surface area contributed by atoms with Crippen molar-refractivity contribution in [2.45, 2.75) is 64.8 Å². The monoisotopic (exact) mass is 344 g/mol. The van der Waals surface area contributed by atoms with Crippen molar-refractivity contribution in [2.75, 3.05) is 26.2 Å². The maximum Gasteiger partial charge on any atom is 0.124 e. The highest BCUT2D eigenvalue weighted by atomic mass is 16.3. The van der Waals surface area contributed by atoms with Crippen LogP contribution in [0.4, 0.5) is 0 Å². The van der Waals surface area contributed by atoms with Crippen LogP contribution in [0.5, 0.6) is 5.75 Å². The number of piperazine rings is 1. The van der Waals surface area contributed by atoms with Gasteiger partial charge in [-0.15, -0.1) is 6.58 Å². The van der Waals surface area contributed by atoms with Gasteiger partial charge in [0.15, 0.2) is 0 Å². The molecule has 1 aliphatic rings. The second-order valence-corrected chi connectivity index (χ2v) is 9.29.